The maximum Gasteiger partial charge on any atom is 0.152 e. The van der Waals surface area contributed by atoms with Crippen molar-refractivity contribution in [1.82, 2.24) is 9.88 Å². The van der Waals surface area contributed by atoms with Crippen LogP contribution in [-0.2, 0) is 0 Å². The van der Waals surface area contributed by atoms with Gasteiger partial charge in [0.05, 0.1) is 5.69 Å². The van der Waals surface area contributed by atoms with E-state index in [1.807, 2.05) is 6.07 Å². The number of hydrogen-bond donors (Lipinski definition) is 1. The molecule has 4 heteroatoms. The number of rotatable bonds is 2. The molecule has 3 nitrogen and oxygen atoms in total. The maximum atomic E-state index is 6.09. The summed E-state index contributed by atoms with van der Waals surface area (Å²) in [5.41, 5.74) is 2.16. The Bertz CT molecular complexity index is 339. The van der Waals surface area contributed by atoms with E-state index in [2.05, 4.69) is 29.2 Å². The predicted molar refractivity (Wildman–Crippen MR) is 68.1 cm³/mol. The van der Waals surface area contributed by atoms with E-state index in [0.29, 0.717) is 11.2 Å². The molecule has 0 bridgehead atoms. The minimum Gasteiger partial charge on any atom is -0.380 e. The van der Waals surface area contributed by atoms with E-state index >= 15 is 0 Å². The molecule has 0 aromatic carbocycles. The van der Waals surface area contributed by atoms with Gasteiger partial charge in [0.25, 0.3) is 0 Å². The van der Waals surface area contributed by atoms with Crippen molar-refractivity contribution in [3.63, 3.8) is 0 Å². The van der Waals surface area contributed by atoms with Crippen LogP contribution in [0, 0.1) is 6.92 Å². The lowest BCUT2D eigenvalue weighted by molar-refractivity contribution is 0.264. The summed E-state index contributed by atoms with van der Waals surface area (Å²) < 4.78 is 0. The molecule has 0 aliphatic carbocycles. The molecule has 1 aromatic rings. The number of pyridine rings is 1. The number of anilines is 1. The van der Waals surface area contributed by atoms with Crippen LogP contribution in [0.15, 0.2) is 12.3 Å². The molecule has 1 saturated heterocycles. The highest BCUT2D eigenvalue weighted by molar-refractivity contribution is 6.32. The third-order valence-electron chi connectivity index (χ3n) is 3.18. The molecule has 0 radical (unpaired) electrons. The Hall–Kier alpha value is -0.800. The van der Waals surface area contributed by atoms with Gasteiger partial charge >= 0.3 is 0 Å². The SMILES string of the molecule is Cc1ccnc(Cl)c1NC1CCN(C)CC1. The molecular weight excluding hydrogens is 222 g/mol. The molecular formula is C12H18ClN3. The lowest BCUT2D eigenvalue weighted by Crippen LogP contribution is -2.36. The van der Waals surface area contributed by atoms with Crippen molar-refractivity contribution >= 4 is 17.3 Å². The number of likely N-dealkylation sites (tertiary alicyclic amines) is 1. The minimum absolute atomic E-state index is 0.525. The third kappa shape index (κ3) is 2.66. The molecule has 1 aliphatic rings. The molecule has 1 aliphatic heterocycles. The molecule has 2 heterocycles. The summed E-state index contributed by atoms with van der Waals surface area (Å²) in [6.07, 6.45) is 4.08. The van der Waals surface area contributed by atoms with E-state index in [9.17, 15) is 0 Å². The van der Waals surface area contributed by atoms with Gasteiger partial charge in [-0.3, -0.25) is 0 Å². The Balaban J connectivity index is 2.04. The smallest absolute Gasteiger partial charge is 0.152 e. The molecule has 1 fully saturated rings. The van der Waals surface area contributed by atoms with E-state index < -0.39 is 0 Å². The number of aromatic nitrogens is 1. The van der Waals surface area contributed by atoms with E-state index in [0.717, 1.165) is 18.8 Å². The van der Waals surface area contributed by atoms with Crippen molar-refractivity contribution in [3.05, 3.63) is 23.0 Å². The van der Waals surface area contributed by atoms with Gasteiger partial charge in [0, 0.05) is 12.2 Å². The van der Waals surface area contributed by atoms with E-state index in [1.165, 1.54) is 18.4 Å². The summed E-state index contributed by atoms with van der Waals surface area (Å²) in [7, 11) is 2.17. The molecule has 0 saturated carbocycles. The van der Waals surface area contributed by atoms with Crippen LogP contribution in [0.4, 0.5) is 5.69 Å². The van der Waals surface area contributed by atoms with Gasteiger partial charge in [-0.25, -0.2) is 4.98 Å². The van der Waals surface area contributed by atoms with Crippen LogP contribution >= 0.6 is 11.6 Å². The number of hydrogen-bond acceptors (Lipinski definition) is 3. The van der Waals surface area contributed by atoms with E-state index in [-0.39, 0.29) is 0 Å². The molecule has 1 aromatic heterocycles. The molecule has 88 valence electrons. The molecule has 0 spiro atoms. The summed E-state index contributed by atoms with van der Waals surface area (Å²) in [6.45, 7) is 4.36. The Morgan fingerprint density at radius 2 is 2.12 bits per heavy atom. The highest BCUT2D eigenvalue weighted by atomic mass is 35.5. The fourth-order valence-electron chi connectivity index (χ4n) is 2.06. The van der Waals surface area contributed by atoms with Crippen LogP contribution in [0.5, 0.6) is 0 Å². The average Bonchev–Trinajstić information content (AvgIpc) is 2.26. The van der Waals surface area contributed by atoms with Gasteiger partial charge in [-0.15, -0.1) is 0 Å². The lowest BCUT2D eigenvalue weighted by Gasteiger charge is -2.30. The summed E-state index contributed by atoms with van der Waals surface area (Å²) in [4.78, 5) is 6.47. The van der Waals surface area contributed by atoms with Gasteiger partial charge in [0.2, 0.25) is 0 Å². The standard InChI is InChI=1S/C12H18ClN3/c1-9-3-6-14-12(13)11(9)15-10-4-7-16(2)8-5-10/h3,6,10,15H,4-5,7-8H2,1-2H3. The van der Waals surface area contributed by atoms with Crippen LogP contribution in [0.25, 0.3) is 0 Å². The van der Waals surface area contributed by atoms with E-state index in [4.69, 9.17) is 11.6 Å². The Kier molecular flexibility index (Phi) is 3.66. The Labute approximate surface area is 102 Å². The molecule has 0 amide bonds. The largest absolute Gasteiger partial charge is 0.380 e. The maximum absolute atomic E-state index is 6.09. The van der Waals surface area contributed by atoms with Gasteiger partial charge in [-0.05, 0) is 51.5 Å². The van der Waals surface area contributed by atoms with Crippen LogP contribution in [-0.4, -0.2) is 36.1 Å². The Morgan fingerprint density at radius 1 is 1.44 bits per heavy atom. The van der Waals surface area contributed by atoms with Crippen molar-refractivity contribution in [2.45, 2.75) is 25.8 Å². The molecule has 1 N–H and O–H groups in total. The van der Waals surface area contributed by atoms with Gasteiger partial charge in [0.15, 0.2) is 5.15 Å². The first-order chi connectivity index (χ1) is 7.66. The molecule has 0 atom stereocenters. The second kappa shape index (κ2) is 5.02. The van der Waals surface area contributed by atoms with Crippen molar-refractivity contribution in [1.29, 1.82) is 0 Å². The zero-order chi connectivity index (χ0) is 11.5. The normalized spacial score (nSPS) is 18.7. The van der Waals surface area contributed by atoms with Gasteiger partial charge < -0.3 is 10.2 Å². The summed E-state index contributed by atoms with van der Waals surface area (Å²) in [5, 5.41) is 4.10. The monoisotopic (exact) mass is 239 g/mol. The van der Waals surface area contributed by atoms with Crippen LogP contribution in [0.1, 0.15) is 18.4 Å². The quantitative estimate of drug-likeness (QED) is 0.804. The minimum atomic E-state index is 0.525. The first-order valence-electron chi connectivity index (χ1n) is 5.73. The number of aryl methyl sites for hydroxylation is 1. The molecule has 16 heavy (non-hydrogen) atoms. The highest BCUT2D eigenvalue weighted by Gasteiger charge is 2.18. The predicted octanol–water partition coefficient (Wildman–Crippen LogP) is 2.55. The fraction of sp³-hybridized carbons (Fsp3) is 0.583. The second-order valence-electron chi connectivity index (χ2n) is 4.52. The van der Waals surface area contributed by atoms with Crippen molar-refractivity contribution in [3.8, 4) is 0 Å². The van der Waals surface area contributed by atoms with Crippen molar-refractivity contribution < 1.29 is 0 Å². The van der Waals surface area contributed by atoms with Crippen LogP contribution < -0.4 is 5.32 Å². The van der Waals surface area contributed by atoms with Crippen LogP contribution in [0.3, 0.4) is 0 Å². The summed E-state index contributed by atoms with van der Waals surface area (Å²) >= 11 is 6.09. The number of piperidine rings is 1. The van der Waals surface area contributed by atoms with Crippen molar-refractivity contribution in [2.24, 2.45) is 0 Å². The number of nitrogens with zero attached hydrogens (tertiary/aromatic N) is 2. The second-order valence-corrected chi connectivity index (χ2v) is 4.87. The van der Waals surface area contributed by atoms with Gasteiger partial charge in [-0.2, -0.15) is 0 Å². The average molecular weight is 240 g/mol. The first kappa shape index (κ1) is 11.7. The lowest BCUT2D eigenvalue weighted by atomic mass is 10.0. The van der Waals surface area contributed by atoms with Gasteiger partial charge in [-0.1, -0.05) is 11.6 Å². The number of halogens is 1. The van der Waals surface area contributed by atoms with Crippen molar-refractivity contribution in [2.75, 3.05) is 25.5 Å². The van der Waals surface area contributed by atoms with E-state index in [1.54, 1.807) is 6.20 Å². The zero-order valence-electron chi connectivity index (χ0n) is 9.83. The third-order valence-corrected chi connectivity index (χ3v) is 3.47. The number of nitrogens with one attached hydrogen (secondary N) is 1. The summed E-state index contributed by atoms with van der Waals surface area (Å²) in [5.74, 6) is 0. The fourth-order valence-corrected chi connectivity index (χ4v) is 2.32. The first-order valence-corrected chi connectivity index (χ1v) is 6.11. The summed E-state index contributed by atoms with van der Waals surface area (Å²) in [6, 6.07) is 2.51. The Morgan fingerprint density at radius 3 is 2.75 bits per heavy atom. The van der Waals surface area contributed by atoms with Gasteiger partial charge in [0.1, 0.15) is 0 Å². The zero-order valence-corrected chi connectivity index (χ0v) is 10.6. The topological polar surface area (TPSA) is 28.2 Å². The molecule has 0 unspecified atom stereocenters. The molecule has 2 rings (SSSR count). The highest BCUT2D eigenvalue weighted by Crippen LogP contribution is 2.25. The van der Waals surface area contributed by atoms with Crippen LogP contribution in [0.2, 0.25) is 5.15 Å².